The zero-order valence-electron chi connectivity index (χ0n) is 14.8. The lowest BCUT2D eigenvalue weighted by molar-refractivity contribution is -0.153. The maximum Gasteiger partial charge on any atom is 0.351 e. The minimum absolute atomic E-state index is 0.0131. The fourth-order valence-electron chi connectivity index (χ4n) is 2.99. The first kappa shape index (κ1) is 17.7. The number of rotatable bonds is 5. The van der Waals surface area contributed by atoms with Gasteiger partial charge in [0.05, 0.1) is 5.69 Å². The Kier molecular flexibility index (Phi) is 4.79. The highest BCUT2D eigenvalue weighted by molar-refractivity contribution is 6.04. The van der Waals surface area contributed by atoms with E-state index in [2.05, 4.69) is 4.98 Å². The quantitative estimate of drug-likeness (QED) is 0.652. The number of para-hydroxylation sites is 2. The maximum absolute atomic E-state index is 12.3. The summed E-state index contributed by atoms with van der Waals surface area (Å²) in [6.45, 7) is 4.41. The van der Waals surface area contributed by atoms with E-state index < -0.39 is 24.5 Å². The molecule has 0 saturated carbocycles. The highest BCUT2D eigenvalue weighted by Gasteiger charge is 2.29. The van der Waals surface area contributed by atoms with Gasteiger partial charge < -0.3 is 19.2 Å². The summed E-state index contributed by atoms with van der Waals surface area (Å²) in [5, 5.41) is 0. The van der Waals surface area contributed by atoms with Crippen molar-refractivity contribution in [2.45, 2.75) is 26.9 Å². The molecule has 0 amide bonds. The third-order valence-electron chi connectivity index (χ3n) is 4.19. The minimum atomic E-state index is -0.933. The molecule has 1 aliphatic heterocycles. The number of esters is 1. The molecule has 1 aromatic heterocycles. The van der Waals surface area contributed by atoms with Gasteiger partial charge in [0.15, 0.2) is 23.9 Å². The van der Waals surface area contributed by atoms with Gasteiger partial charge in [-0.2, -0.15) is 0 Å². The summed E-state index contributed by atoms with van der Waals surface area (Å²) in [4.78, 5) is 39.1. The Morgan fingerprint density at radius 3 is 2.54 bits per heavy atom. The molecule has 1 N–H and O–H groups in total. The number of Topliss-reactive ketones (excluding diaryl/α,β-unsaturated/α-hetero) is 2. The summed E-state index contributed by atoms with van der Waals surface area (Å²) >= 11 is 0. The molecule has 7 nitrogen and oxygen atoms in total. The van der Waals surface area contributed by atoms with Crippen LogP contribution in [0.1, 0.15) is 39.0 Å². The summed E-state index contributed by atoms with van der Waals surface area (Å²) in [7, 11) is 0. The van der Waals surface area contributed by atoms with Crippen LogP contribution >= 0.6 is 0 Å². The van der Waals surface area contributed by atoms with Crippen molar-refractivity contribution in [3.63, 3.8) is 0 Å². The second kappa shape index (κ2) is 7.03. The van der Waals surface area contributed by atoms with E-state index in [-0.39, 0.29) is 18.1 Å². The predicted octanol–water partition coefficient (Wildman–Crippen LogP) is 2.40. The summed E-state index contributed by atoms with van der Waals surface area (Å²) in [6.07, 6.45) is -0.933. The van der Waals surface area contributed by atoms with E-state index in [9.17, 15) is 14.4 Å². The largest absolute Gasteiger partial charge is 0.485 e. The van der Waals surface area contributed by atoms with Crippen LogP contribution in [-0.4, -0.2) is 41.8 Å². The molecule has 0 bridgehead atoms. The van der Waals surface area contributed by atoms with Crippen molar-refractivity contribution < 1.29 is 28.6 Å². The number of ketones is 2. The maximum atomic E-state index is 12.3. The van der Waals surface area contributed by atoms with Crippen LogP contribution in [0.2, 0.25) is 0 Å². The topological polar surface area (TPSA) is 94.7 Å². The van der Waals surface area contributed by atoms with E-state index in [4.69, 9.17) is 14.2 Å². The van der Waals surface area contributed by atoms with E-state index in [0.717, 1.165) is 0 Å². The number of aryl methyl sites for hydroxylation is 1. The minimum Gasteiger partial charge on any atom is -0.485 e. The first-order valence-electron chi connectivity index (χ1n) is 8.17. The Morgan fingerprint density at radius 1 is 1.19 bits per heavy atom. The molecule has 0 fully saturated rings. The number of carbonyl (C=O) groups excluding carboxylic acids is 3. The molecule has 136 valence electrons. The second-order valence-electron chi connectivity index (χ2n) is 6.08. The Balaban J connectivity index is 1.63. The number of nitrogens with one attached hydrogen (secondary N) is 1. The van der Waals surface area contributed by atoms with Crippen LogP contribution < -0.4 is 9.47 Å². The van der Waals surface area contributed by atoms with Gasteiger partial charge in [0.25, 0.3) is 0 Å². The van der Waals surface area contributed by atoms with Crippen LogP contribution in [-0.2, 0) is 9.53 Å². The molecule has 0 unspecified atom stereocenters. The number of fused-ring (bicyclic) bond motifs is 1. The molecule has 26 heavy (non-hydrogen) atoms. The van der Waals surface area contributed by atoms with Crippen LogP contribution in [0, 0.1) is 13.8 Å². The van der Waals surface area contributed by atoms with Gasteiger partial charge >= 0.3 is 5.97 Å². The number of carbonyl (C=O) groups is 3. The number of aromatic nitrogens is 1. The number of aromatic amines is 1. The lowest BCUT2D eigenvalue weighted by atomic mass is 10.1. The van der Waals surface area contributed by atoms with Crippen LogP contribution in [0.4, 0.5) is 0 Å². The fourth-order valence-corrected chi connectivity index (χ4v) is 2.99. The van der Waals surface area contributed by atoms with E-state index in [1.54, 1.807) is 38.1 Å². The van der Waals surface area contributed by atoms with Gasteiger partial charge in [-0.25, -0.2) is 4.79 Å². The summed E-state index contributed by atoms with van der Waals surface area (Å²) in [5.41, 5.74) is 1.93. The van der Waals surface area contributed by atoms with Gasteiger partial charge in [-0.05, 0) is 38.5 Å². The van der Waals surface area contributed by atoms with Crippen molar-refractivity contribution in [1.29, 1.82) is 0 Å². The van der Waals surface area contributed by atoms with E-state index in [0.29, 0.717) is 28.3 Å². The number of hydrogen-bond donors (Lipinski definition) is 1. The van der Waals surface area contributed by atoms with E-state index in [1.807, 2.05) is 0 Å². The molecule has 1 atom stereocenters. The molecule has 0 saturated heterocycles. The molecule has 0 aliphatic carbocycles. The SMILES string of the molecule is CC(=O)c1c(C)[nH]c(C(=O)COC(=O)[C@@H]2COc3ccccc3O2)c1C. The summed E-state index contributed by atoms with van der Waals surface area (Å²) in [5.74, 6) is -0.210. The third-order valence-corrected chi connectivity index (χ3v) is 4.19. The van der Waals surface area contributed by atoms with Gasteiger partial charge in [0.1, 0.15) is 6.61 Å². The van der Waals surface area contributed by atoms with E-state index in [1.165, 1.54) is 6.92 Å². The molecule has 0 radical (unpaired) electrons. The van der Waals surface area contributed by atoms with Crippen molar-refractivity contribution in [2.75, 3.05) is 13.2 Å². The highest BCUT2D eigenvalue weighted by atomic mass is 16.6. The van der Waals surface area contributed by atoms with Crippen molar-refractivity contribution in [2.24, 2.45) is 0 Å². The number of hydrogen-bond acceptors (Lipinski definition) is 6. The van der Waals surface area contributed by atoms with Crippen LogP contribution in [0.25, 0.3) is 0 Å². The second-order valence-corrected chi connectivity index (χ2v) is 6.08. The molecule has 3 rings (SSSR count). The molecule has 2 aromatic rings. The fraction of sp³-hybridized carbons (Fsp3) is 0.316. The predicted molar refractivity (Wildman–Crippen MR) is 91.9 cm³/mol. The standard InChI is InChI=1S/C19H19NO6/c1-10-17(12(3)21)11(2)20-18(10)13(22)8-25-19(23)16-9-24-14-6-4-5-7-15(14)26-16/h4-7,16,20H,8-9H2,1-3H3/t16-/m0/s1. The molecule has 0 spiro atoms. The lowest BCUT2D eigenvalue weighted by Crippen LogP contribution is -2.38. The van der Waals surface area contributed by atoms with Crippen molar-refractivity contribution in [1.82, 2.24) is 4.98 Å². The van der Waals surface area contributed by atoms with Gasteiger partial charge in [0.2, 0.25) is 11.9 Å². The van der Waals surface area contributed by atoms with Crippen LogP contribution in [0.15, 0.2) is 24.3 Å². The first-order chi connectivity index (χ1) is 12.4. The highest BCUT2D eigenvalue weighted by Crippen LogP contribution is 2.31. The summed E-state index contributed by atoms with van der Waals surface area (Å²) < 4.78 is 16.1. The lowest BCUT2D eigenvalue weighted by Gasteiger charge is -2.24. The van der Waals surface area contributed by atoms with Gasteiger partial charge in [0, 0.05) is 11.3 Å². The average molecular weight is 357 g/mol. The Hall–Kier alpha value is -3.09. The molecule has 1 aliphatic rings. The number of benzene rings is 1. The van der Waals surface area contributed by atoms with Crippen LogP contribution in [0.3, 0.4) is 0 Å². The molecule has 1 aromatic carbocycles. The van der Waals surface area contributed by atoms with Crippen molar-refractivity contribution in [3.8, 4) is 11.5 Å². The van der Waals surface area contributed by atoms with Gasteiger partial charge in [-0.1, -0.05) is 12.1 Å². The number of ether oxygens (including phenoxy) is 3. The molecule has 2 heterocycles. The smallest absolute Gasteiger partial charge is 0.351 e. The molecular weight excluding hydrogens is 338 g/mol. The molecule has 7 heteroatoms. The number of H-pyrrole nitrogens is 1. The normalized spacial score (nSPS) is 15.4. The van der Waals surface area contributed by atoms with Crippen molar-refractivity contribution in [3.05, 3.63) is 46.8 Å². The zero-order chi connectivity index (χ0) is 18.8. The van der Waals surface area contributed by atoms with E-state index >= 15 is 0 Å². The third kappa shape index (κ3) is 3.33. The Labute approximate surface area is 150 Å². The van der Waals surface area contributed by atoms with Crippen LogP contribution in [0.5, 0.6) is 11.5 Å². The average Bonchev–Trinajstić information content (AvgIpc) is 2.93. The van der Waals surface area contributed by atoms with Gasteiger partial charge in [-0.15, -0.1) is 0 Å². The van der Waals surface area contributed by atoms with Gasteiger partial charge in [-0.3, -0.25) is 9.59 Å². The van der Waals surface area contributed by atoms with Crippen molar-refractivity contribution >= 4 is 17.5 Å². The zero-order valence-corrected chi connectivity index (χ0v) is 14.8. The first-order valence-corrected chi connectivity index (χ1v) is 8.17. The Bertz CT molecular complexity index is 882. The monoisotopic (exact) mass is 357 g/mol. The summed E-state index contributed by atoms with van der Waals surface area (Å²) in [6, 6.07) is 7.00. The Morgan fingerprint density at radius 2 is 1.88 bits per heavy atom. The molecular formula is C19H19NO6.